The molecular weight excluding hydrogens is 358 g/mol. The van der Waals surface area contributed by atoms with Gasteiger partial charge in [-0.25, -0.2) is 4.98 Å². The molecular formula is C21H19N3O2S. The van der Waals surface area contributed by atoms with Crippen LogP contribution in [0.3, 0.4) is 0 Å². The number of fused-ring (bicyclic) bond motifs is 1. The molecule has 0 aliphatic carbocycles. The van der Waals surface area contributed by atoms with E-state index < -0.39 is 6.10 Å². The monoisotopic (exact) mass is 377 g/mol. The first-order valence-electron chi connectivity index (χ1n) is 8.66. The van der Waals surface area contributed by atoms with E-state index in [0.717, 1.165) is 27.7 Å². The summed E-state index contributed by atoms with van der Waals surface area (Å²) in [5.41, 5.74) is 4.06. The molecule has 1 amide bonds. The molecule has 1 atom stereocenters. The third-order valence-corrected chi connectivity index (χ3v) is 5.06. The van der Waals surface area contributed by atoms with E-state index in [-0.39, 0.29) is 5.91 Å². The molecule has 4 aromatic rings. The molecule has 136 valence electrons. The van der Waals surface area contributed by atoms with Gasteiger partial charge >= 0.3 is 0 Å². The van der Waals surface area contributed by atoms with Crippen LogP contribution in [-0.2, 0) is 4.79 Å². The van der Waals surface area contributed by atoms with Crippen molar-refractivity contribution in [3.63, 3.8) is 0 Å². The molecule has 0 saturated carbocycles. The Morgan fingerprint density at radius 1 is 1.19 bits per heavy atom. The number of thiazole rings is 1. The second kappa shape index (κ2) is 7.25. The molecule has 1 unspecified atom stereocenters. The molecule has 0 fully saturated rings. The number of hydrogen-bond acceptors (Lipinski definition) is 4. The van der Waals surface area contributed by atoms with Gasteiger partial charge in [-0.1, -0.05) is 35.9 Å². The lowest BCUT2D eigenvalue weighted by Gasteiger charge is -2.13. The fraction of sp³-hybridized carbons (Fsp3) is 0.143. The maximum atomic E-state index is 12.4. The van der Waals surface area contributed by atoms with Crippen molar-refractivity contribution in [3.8, 4) is 17.0 Å². The van der Waals surface area contributed by atoms with Crippen LogP contribution in [-0.4, -0.2) is 22.0 Å². The number of carbonyl (C=O) groups excluding carboxylic acids is 1. The zero-order valence-electron chi connectivity index (χ0n) is 15.0. The normalized spacial score (nSPS) is 12.1. The van der Waals surface area contributed by atoms with Crippen LogP contribution in [0.4, 0.5) is 5.13 Å². The van der Waals surface area contributed by atoms with Crippen molar-refractivity contribution < 1.29 is 9.53 Å². The summed E-state index contributed by atoms with van der Waals surface area (Å²) in [4.78, 5) is 20.2. The Morgan fingerprint density at radius 2 is 1.96 bits per heavy atom. The van der Waals surface area contributed by atoms with Crippen LogP contribution in [0.5, 0.6) is 5.75 Å². The molecule has 4 rings (SSSR count). The number of ether oxygens (including phenoxy) is 1. The molecule has 0 spiro atoms. The van der Waals surface area contributed by atoms with E-state index in [1.165, 1.54) is 11.3 Å². The lowest BCUT2D eigenvalue weighted by Crippen LogP contribution is -2.30. The van der Waals surface area contributed by atoms with E-state index >= 15 is 0 Å². The first-order valence-corrected chi connectivity index (χ1v) is 9.54. The maximum Gasteiger partial charge on any atom is 0.266 e. The number of amides is 1. The van der Waals surface area contributed by atoms with Crippen LogP contribution < -0.4 is 10.1 Å². The van der Waals surface area contributed by atoms with Gasteiger partial charge in [0.2, 0.25) is 0 Å². The molecule has 2 aromatic heterocycles. The second-order valence-corrected chi connectivity index (χ2v) is 7.21. The molecule has 0 aliphatic heterocycles. The Morgan fingerprint density at radius 3 is 2.78 bits per heavy atom. The molecule has 0 aliphatic rings. The van der Waals surface area contributed by atoms with Crippen LogP contribution in [0.25, 0.3) is 22.2 Å². The van der Waals surface area contributed by atoms with E-state index in [0.29, 0.717) is 10.9 Å². The Labute approximate surface area is 161 Å². The summed E-state index contributed by atoms with van der Waals surface area (Å²) in [6.45, 7) is 3.73. The quantitative estimate of drug-likeness (QED) is 0.514. The van der Waals surface area contributed by atoms with Gasteiger partial charge in [0.15, 0.2) is 11.2 Å². The number of aromatic amines is 1. The van der Waals surface area contributed by atoms with Gasteiger partial charge in [0.05, 0.1) is 5.69 Å². The Hall–Kier alpha value is -3.12. The van der Waals surface area contributed by atoms with Gasteiger partial charge < -0.3 is 9.72 Å². The third-order valence-electron chi connectivity index (χ3n) is 4.30. The van der Waals surface area contributed by atoms with Crippen LogP contribution >= 0.6 is 11.3 Å². The maximum absolute atomic E-state index is 12.4. The number of carbonyl (C=O) groups is 1. The predicted octanol–water partition coefficient (Wildman–Crippen LogP) is 5.01. The number of nitrogens with zero attached hydrogens (tertiary/aromatic N) is 1. The standard InChI is InChI=1S/C21H19N3O2S/c1-13-7-9-15(10-8-13)26-14(2)20(25)24-21-23-19(12-27-21)17-11-22-18-6-4-3-5-16(17)18/h3-12,14,22H,1-2H3,(H,23,24,25). The largest absolute Gasteiger partial charge is 0.481 e. The van der Waals surface area contributed by atoms with Crippen molar-refractivity contribution in [1.29, 1.82) is 0 Å². The van der Waals surface area contributed by atoms with Gasteiger partial charge in [-0.2, -0.15) is 0 Å². The highest BCUT2D eigenvalue weighted by molar-refractivity contribution is 7.14. The van der Waals surface area contributed by atoms with E-state index in [9.17, 15) is 4.79 Å². The number of hydrogen-bond donors (Lipinski definition) is 2. The topological polar surface area (TPSA) is 67.0 Å². The fourth-order valence-electron chi connectivity index (χ4n) is 2.82. The number of nitrogens with one attached hydrogen (secondary N) is 2. The van der Waals surface area contributed by atoms with Crippen LogP contribution in [0, 0.1) is 6.92 Å². The van der Waals surface area contributed by atoms with Crippen molar-refractivity contribution in [2.45, 2.75) is 20.0 Å². The van der Waals surface area contributed by atoms with Crippen molar-refractivity contribution in [2.24, 2.45) is 0 Å². The van der Waals surface area contributed by atoms with Crippen LogP contribution in [0.1, 0.15) is 12.5 Å². The second-order valence-electron chi connectivity index (χ2n) is 6.35. The van der Waals surface area contributed by atoms with Crippen LogP contribution in [0.15, 0.2) is 60.1 Å². The summed E-state index contributed by atoms with van der Waals surface area (Å²) < 4.78 is 5.70. The number of benzene rings is 2. The van der Waals surface area contributed by atoms with Gasteiger partial charge in [-0.3, -0.25) is 10.1 Å². The smallest absolute Gasteiger partial charge is 0.266 e. The summed E-state index contributed by atoms with van der Waals surface area (Å²) in [6, 6.07) is 15.7. The minimum absolute atomic E-state index is 0.226. The van der Waals surface area contributed by atoms with Crippen molar-refractivity contribution >= 4 is 33.3 Å². The number of aromatic nitrogens is 2. The summed E-state index contributed by atoms with van der Waals surface area (Å²) in [5.74, 6) is 0.442. The van der Waals surface area contributed by atoms with Gasteiger partial charge in [0.25, 0.3) is 5.91 Å². The Balaban J connectivity index is 1.45. The molecule has 0 saturated heterocycles. The number of H-pyrrole nitrogens is 1. The van der Waals surface area contributed by atoms with E-state index in [1.54, 1.807) is 6.92 Å². The van der Waals surface area contributed by atoms with Crippen molar-refractivity contribution in [1.82, 2.24) is 9.97 Å². The Bertz CT molecular complexity index is 1080. The third kappa shape index (κ3) is 3.71. The molecule has 6 heteroatoms. The number of aryl methyl sites for hydroxylation is 1. The van der Waals surface area contributed by atoms with Crippen LogP contribution in [0.2, 0.25) is 0 Å². The minimum atomic E-state index is -0.617. The molecule has 0 radical (unpaired) electrons. The average Bonchev–Trinajstić information content (AvgIpc) is 3.30. The number of anilines is 1. The predicted molar refractivity (Wildman–Crippen MR) is 109 cm³/mol. The summed E-state index contributed by atoms with van der Waals surface area (Å²) in [7, 11) is 0. The molecule has 2 heterocycles. The highest BCUT2D eigenvalue weighted by Crippen LogP contribution is 2.31. The first kappa shape index (κ1) is 17.3. The highest BCUT2D eigenvalue weighted by atomic mass is 32.1. The SMILES string of the molecule is Cc1ccc(OC(C)C(=O)Nc2nc(-c3c[nH]c4ccccc34)cs2)cc1. The zero-order valence-corrected chi connectivity index (χ0v) is 15.8. The Kier molecular flexibility index (Phi) is 4.64. The lowest BCUT2D eigenvalue weighted by molar-refractivity contribution is -0.122. The number of rotatable bonds is 5. The van der Waals surface area contributed by atoms with E-state index in [1.807, 2.05) is 61.0 Å². The minimum Gasteiger partial charge on any atom is -0.481 e. The first-order chi connectivity index (χ1) is 13.1. The van der Waals surface area contributed by atoms with Gasteiger partial charge in [-0.15, -0.1) is 11.3 Å². The molecule has 2 aromatic carbocycles. The van der Waals surface area contributed by atoms with E-state index in [2.05, 4.69) is 21.4 Å². The summed E-state index contributed by atoms with van der Waals surface area (Å²) in [6.07, 6.45) is 1.32. The van der Waals surface area contributed by atoms with Gasteiger partial charge in [0, 0.05) is 28.0 Å². The highest BCUT2D eigenvalue weighted by Gasteiger charge is 2.17. The zero-order chi connectivity index (χ0) is 18.8. The summed E-state index contributed by atoms with van der Waals surface area (Å²) >= 11 is 1.40. The molecule has 27 heavy (non-hydrogen) atoms. The summed E-state index contributed by atoms with van der Waals surface area (Å²) in [5, 5.41) is 6.44. The fourth-order valence-corrected chi connectivity index (χ4v) is 3.53. The van der Waals surface area contributed by atoms with Crippen molar-refractivity contribution in [3.05, 3.63) is 65.7 Å². The lowest BCUT2D eigenvalue weighted by atomic mass is 10.1. The number of para-hydroxylation sites is 1. The van der Waals surface area contributed by atoms with E-state index in [4.69, 9.17) is 4.74 Å². The average molecular weight is 377 g/mol. The van der Waals surface area contributed by atoms with Gasteiger partial charge in [-0.05, 0) is 32.0 Å². The molecule has 0 bridgehead atoms. The van der Waals surface area contributed by atoms with Gasteiger partial charge in [0.1, 0.15) is 5.75 Å². The van der Waals surface area contributed by atoms with Crippen molar-refractivity contribution in [2.75, 3.05) is 5.32 Å². The molecule has 5 nitrogen and oxygen atoms in total. The molecule has 2 N–H and O–H groups in total.